The molecule has 0 radical (unpaired) electrons. The molecule has 1 aromatic rings. The van der Waals surface area contributed by atoms with Crippen LogP contribution in [0, 0.1) is 13.8 Å². The zero-order chi connectivity index (χ0) is 11.5. The van der Waals surface area contributed by atoms with Gasteiger partial charge in [0.1, 0.15) is 5.82 Å². The van der Waals surface area contributed by atoms with Crippen molar-refractivity contribution < 1.29 is 0 Å². The number of nitrogens with one attached hydrogen (secondary N) is 1. The van der Waals surface area contributed by atoms with Crippen LogP contribution in [-0.4, -0.2) is 16.0 Å². The summed E-state index contributed by atoms with van der Waals surface area (Å²) in [6, 6.07) is 0.557. The first-order chi connectivity index (χ1) is 7.66. The monoisotopic (exact) mass is 220 g/mol. The van der Waals surface area contributed by atoms with Crippen LogP contribution in [-0.2, 0) is 0 Å². The van der Waals surface area contributed by atoms with Gasteiger partial charge >= 0.3 is 0 Å². The number of hydrogen-bond donors (Lipinski definition) is 2. The zero-order valence-electron chi connectivity index (χ0n) is 10.1. The van der Waals surface area contributed by atoms with Crippen LogP contribution in [0.5, 0.6) is 0 Å². The number of anilines is 2. The van der Waals surface area contributed by atoms with E-state index in [1.165, 1.54) is 32.1 Å². The lowest BCUT2D eigenvalue weighted by Gasteiger charge is -2.24. The van der Waals surface area contributed by atoms with Gasteiger partial charge in [-0.25, -0.2) is 4.98 Å². The lowest BCUT2D eigenvalue weighted by Crippen LogP contribution is -2.24. The maximum Gasteiger partial charge on any atom is 0.222 e. The molecule has 1 fully saturated rings. The summed E-state index contributed by atoms with van der Waals surface area (Å²) in [5.41, 5.74) is 7.75. The molecule has 3 N–H and O–H groups in total. The first-order valence-corrected chi connectivity index (χ1v) is 6.04. The second kappa shape index (κ2) is 4.68. The van der Waals surface area contributed by atoms with Gasteiger partial charge in [0.2, 0.25) is 5.95 Å². The highest BCUT2D eigenvalue weighted by atomic mass is 15.1. The Bertz CT molecular complexity index is 370. The van der Waals surface area contributed by atoms with E-state index >= 15 is 0 Å². The molecular formula is C12H20N4. The summed E-state index contributed by atoms with van der Waals surface area (Å²) in [5.74, 6) is 1.28. The van der Waals surface area contributed by atoms with Gasteiger partial charge in [0.25, 0.3) is 0 Å². The lowest BCUT2D eigenvalue weighted by molar-refractivity contribution is 0.461. The van der Waals surface area contributed by atoms with E-state index in [0.29, 0.717) is 12.0 Å². The Balaban J connectivity index is 2.13. The third-order valence-electron chi connectivity index (χ3n) is 3.35. The third-order valence-corrected chi connectivity index (χ3v) is 3.35. The summed E-state index contributed by atoms with van der Waals surface area (Å²) in [7, 11) is 0. The predicted molar refractivity (Wildman–Crippen MR) is 66.4 cm³/mol. The van der Waals surface area contributed by atoms with Crippen LogP contribution < -0.4 is 11.1 Å². The molecule has 0 aromatic carbocycles. The van der Waals surface area contributed by atoms with E-state index in [-0.39, 0.29) is 0 Å². The quantitative estimate of drug-likeness (QED) is 0.803. The van der Waals surface area contributed by atoms with Gasteiger partial charge in [-0.05, 0) is 26.7 Å². The largest absolute Gasteiger partial charge is 0.368 e. The number of nitrogen functional groups attached to an aromatic ring is 1. The molecule has 0 atom stereocenters. The van der Waals surface area contributed by atoms with E-state index in [2.05, 4.69) is 15.3 Å². The standard InChI is InChI=1S/C12H20N4/c1-8-9(2)14-12(13)16-11(8)15-10-6-4-3-5-7-10/h10H,3-7H2,1-2H3,(H3,13,14,15,16). The first-order valence-electron chi connectivity index (χ1n) is 6.04. The van der Waals surface area contributed by atoms with Crippen molar-refractivity contribution >= 4 is 11.8 Å². The van der Waals surface area contributed by atoms with Gasteiger partial charge in [-0.15, -0.1) is 0 Å². The van der Waals surface area contributed by atoms with E-state index in [1.54, 1.807) is 0 Å². The maximum absolute atomic E-state index is 5.67. The second-order valence-corrected chi connectivity index (χ2v) is 4.62. The molecule has 0 unspecified atom stereocenters. The summed E-state index contributed by atoms with van der Waals surface area (Å²) < 4.78 is 0. The van der Waals surface area contributed by atoms with E-state index in [9.17, 15) is 0 Å². The van der Waals surface area contributed by atoms with Crippen molar-refractivity contribution in [3.63, 3.8) is 0 Å². The Kier molecular flexibility index (Phi) is 3.27. The van der Waals surface area contributed by atoms with Crippen LogP contribution in [0.1, 0.15) is 43.4 Å². The second-order valence-electron chi connectivity index (χ2n) is 4.62. The highest BCUT2D eigenvalue weighted by Gasteiger charge is 2.15. The molecule has 4 nitrogen and oxygen atoms in total. The van der Waals surface area contributed by atoms with Crippen LogP contribution in [0.15, 0.2) is 0 Å². The van der Waals surface area contributed by atoms with Crippen molar-refractivity contribution in [2.24, 2.45) is 0 Å². The van der Waals surface area contributed by atoms with Gasteiger partial charge in [-0.2, -0.15) is 4.98 Å². The van der Waals surface area contributed by atoms with Gasteiger partial charge in [0.05, 0.1) is 0 Å². The third kappa shape index (κ3) is 2.43. The summed E-state index contributed by atoms with van der Waals surface area (Å²) >= 11 is 0. The molecule has 1 aliphatic rings. The Morgan fingerprint density at radius 3 is 2.50 bits per heavy atom. The number of nitrogens with two attached hydrogens (primary N) is 1. The van der Waals surface area contributed by atoms with Crippen molar-refractivity contribution in [2.75, 3.05) is 11.1 Å². The van der Waals surface area contributed by atoms with Gasteiger partial charge in [-0.3, -0.25) is 0 Å². The molecule has 1 aromatic heterocycles. The smallest absolute Gasteiger partial charge is 0.222 e. The molecule has 1 aliphatic carbocycles. The number of aromatic nitrogens is 2. The maximum atomic E-state index is 5.67. The fraction of sp³-hybridized carbons (Fsp3) is 0.667. The van der Waals surface area contributed by atoms with Crippen LogP contribution in [0.2, 0.25) is 0 Å². The lowest BCUT2D eigenvalue weighted by atomic mass is 9.95. The van der Waals surface area contributed by atoms with Crippen molar-refractivity contribution in [2.45, 2.75) is 52.0 Å². The topological polar surface area (TPSA) is 63.8 Å². The summed E-state index contributed by atoms with van der Waals surface area (Å²) in [6.07, 6.45) is 6.47. The molecule has 0 spiro atoms. The van der Waals surface area contributed by atoms with Gasteiger partial charge in [0, 0.05) is 17.3 Å². The van der Waals surface area contributed by atoms with Crippen molar-refractivity contribution in [1.82, 2.24) is 9.97 Å². The number of rotatable bonds is 2. The molecule has 88 valence electrons. The normalized spacial score (nSPS) is 17.4. The molecule has 0 bridgehead atoms. The van der Waals surface area contributed by atoms with Crippen molar-refractivity contribution in [3.05, 3.63) is 11.3 Å². The molecule has 4 heteroatoms. The minimum Gasteiger partial charge on any atom is -0.368 e. The highest BCUT2D eigenvalue weighted by Crippen LogP contribution is 2.23. The molecule has 2 rings (SSSR count). The highest BCUT2D eigenvalue weighted by molar-refractivity contribution is 5.49. The molecule has 1 heterocycles. The Labute approximate surface area is 96.7 Å². The molecular weight excluding hydrogens is 200 g/mol. The average molecular weight is 220 g/mol. The van der Waals surface area contributed by atoms with Crippen molar-refractivity contribution in [1.29, 1.82) is 0 Å². The number of aryl methyl sites for hydroxylation is 1. The van der Waals surface area contributed by atoms with Gasteiger partial charge in [-0.1, -0.05) is 19.3 Å². The Morgan fingerprint density at radius 2 is 1.81 bits per heavy atom. The summed E-state index contributed by atoms with van der Waals surface area (Å²) in [6.45, 7) is 4.01. The van der Waals surface area contributed by atoms with E-state index in [0.717, 1.165) is 17.1 Å². The van der Waals surface area contributed by atoms with Crippen LogP contribution in [0.4, 0.5) is 11.8 Å². The SMILES string of the molecule is Cc1nc(N)nc(NC2CCCCC2)c1C. The summed E-state index contributed by atoms with van der Waals surface area (Å²) in [5, 5.41) is 3.50. The minimum atomic E-state index is 0.362. The van der Waals surface area contributed by atoms with E-state index in [1.807, 2.05) is 13.8 Å². The van der Waals surface area contributed by atoms with Crippen molar-refractivity contribution in [3.8, 4) is 0 Å². The number of nitrogens with zero attached hydrogens (tertiary/aromatic N) is 2. The molecule has 1 saturated carbocycles. The average Bonchev–Trinajstić information content (AvgIpc) is 2.27. The van der Waals surface area contributed by atoms with E-state index < -0.39 is 0 Å². The van der Waals surface area contributed by atoms with Crippen LogP contribution in [0.3, 0.4) is 0 Å². The molecule has 16 heavy (non-hydrogen) atoms. The molecule has 0 saturated heterocycles. The predicted octanol–water partition coefficient (Wildman–Crippen LogP) is 2.42. The summed E-state index contributed by atoms with van der Waals surface area (Å²) in [4.78, 5) is 8.44. The Hall–Kier alpha value is -1.32. The first kappa shape index (κ1) is 11.2. The van der Waals surface area contributed by atoms with Gasteiger partial charge < -0.3 is 11.1 Å². The molecule has 0 amide bonds. The van der Waals surface area contributed by atoms with Crippen LogP contribution >= 0.6 is 0 Å². The molecule has 0 aliphatic heterocycles. The fourth-order valence-electron chi connectivity index (χ4n) is 2.23. The fourth-order valence-corrected chi connectivity index (χ4v) is 2.23. The number of hydrogen-bond acceptors (Lipinski definition) is 4. The minimum absolute atomic E-state index is 0.362. The van der Waals surface area contributed by atoms with Crippen LogP contribution in [0.25, 0.3) is 0 Å². The zero-order valence-corrected chi connectivity index (χ0v) is 10.1. The Morgan fingerprint density at radius 1 is 1.12 bits per heavy atom. The van der Waals surface area contributed by atoms with E-state index in [4.69, 9.17) is 5.73 Å². The van der Waals surface area contributed by atoms with Gasteiger partial charge in [0.15, 0.2) is 0 Å².